The zero-order valence-corrected chi connectivity index (χ0v) is 13.8. The predicted octanol–water partition coefficient (Wildman–Crippen LogP) is 1.98. The number of benzene rings is 1. The molecule has 0 aromatic heterocycles. The van der Waals surface area contributed by atoms with E-state index in [4.69, 9.17) is 15.2 Å². The molecule has 1 aromatic rings. The van der Waals surface area contributed by atoms with Gasteiger partial charge in [0.1, 0.15) is 11.3 Å². The second-order valence-electron chi connectivity index (χ2n) is 6.03. The number of aliphatic imine (C=N–C) groups is 1. The van der Waals surface area contributed by atoms with Gasteiger partial charge in [-0.15, -0.1) is 0 Å². The fraction of sp³-hybridized carbons (Fsp3) is 0.500. The molecule has 0 amide bonds. The molecule has 0 bridgehead atoms. The molecular weight excluding hydrogens is 304 g/mol. The van der Waals surface area contributed by atoms with Gasteiger partial charge in [-0.25, -0.2) is 4.99 Å². The summed E-state index contributed by atoms with van der Waals surface area (Å²) in [4.78, 5) is 4.31. The topological polar surface area (TPSA) is 104 Å². The van der Waals surface area contributed by atoms with Gasteiger partial charge in [0.2, 0.25) is 0 Å². The fourth-order valence-corrected chi connectivity index (χ4v) is 4.08. The van der Waals surface area contributed by atoms with Crippen LogP contribution < -0.4 is 5.73 Å². The molecule has 2 aliphatic rings. The Labute approximate surface area is 141 Å². The summed E-state index contributed by atoms with van der Waals surface area (Å²) >= 11 is 0. The van der Waals surface area contributed by atoms with E-state index < -0.39 is 16.7 Å². The maximum atomic E-state index is 10.0. The average Bonchev–Trinajstić information content (AvgIpc) is 3.11. The van der Waals surface area contributed by atoms with Crippen LogP contribution in [0, 0.1) is 39.4 Å². The molecule has 6 heteroatoms. The normalized spacial score (nSPS) is 32.3. The van der Waals surface area contributed by atoms with Crippen molar-refractivity contribution in [1.82, 2.24) is 0 Å². The molecule has 1 saturated carbocycles. The van der Waals surface area contributed by atoms with Crippen molar-refractivity contribution in [3.8, 4) is 12.1 Å². The smallest absolute Gasteiger partial charge is 0.293 e. The molecule has 124 valence electrons. The van der Waals surface area contributed by atoms with Crippen LogP contribution in [0.3, 0.4) is 0 Å². The fourth-order valence-electron chi connectivity index (χ4n) is 4.08. The van der Waals surface area contributed by atoms with Crippen molar-refractivity contribution >= 4 is 5.84 Å². The monoisotopic (exact) mass is 324 g/mol. The number of hydrogen-bond donors (Lipinski definition) is 1. The Morgan fingerprint density at radius 3 is 2.25 bits per heavy atom. The Morgan fingerprint density at radius 2 is 1.75 bits per heavy atom. The summed E-state index contributed by atoms with van der Waals surface area (Å²) in [6.45, 7) is 4.22. The van der Waals surface area contributed by atoms with Crippen molar-refractivity contribution in [3.63, 3.8) is 0 Å². The first kappa shape index (κ1) is 16.4. The molecule has 24 heavy (non-hydrogen) atoms. The molecular formula is C18H20N4O2. The van der Waals surface area contributed by atoms with E-state index in [9.17, 15) is 10.5 Å². The number of nitrogens with zero attached hydrogens (tertiary/aromatic N) is 3. The summed E-state index contributed by atoms with van der Waals surface area (Å²) < 4.78 is 11.6. The van der Waals surface area contributed by atoms with Crippen LogP contribution in [0.15, 0.2) is 35.3 Å². The molecule has 0 radical (unpaired) electrons. The Morgan fingerprint density at radius 1 is 1.12 bits per heavy atom. The maximum absolute atomic E-state index is 10.0. The van der Waals surface area contributed by atoms with Crippen LogP contribution >= 0.6 is 0 Å². The van der Waals surface area contributed by atoms with Crippen molar-refractivity contribution in [3.05, 3.63) is 35.9 Å². The highest BCUT2D eigenvalue weighted by atomic mass is 16.7. The molecule has 3 atom stereocenters. The lowest BCUT2D eigenvalue weighted by atomic mass is 9.93. The minimum Gasteiger partial charge on any atom is -0.386 e. The van der Waals surface area contributed by atoms with Crippen LogP contribution in [0.5, 0.6) is 0 Å². The summed E-state index contributed by atoms with van der Waals surface area (Å²) in [6.07, 6.45) is 0.542. The second-order valence-corrected chi connectivity index (χ2v) is 6.03. The van der Waals surface area contributed by atoms with Crippen LogP contribution in [0.1, 0.15) is 19.4 Å². The lowest BCUT2D eigenvalue weighted by Gasteiger charge is -2.31. The van der Waals surface area contributed by atoms with Gasteiger partial charge in [-0.05, 0) is 25.8 Å². The zero-order valence-electron chi connectivity index (χ0n) is 13.8. The number of nitriles is 2. The SMILES string of the molecule is CCOC1(OCC)N=C(N)[C@@]2(C#N)[C@@H](Cc3ccccc3)[C@@]12C#N. The minimum absolute atomic E-state index is 0.134. The van der Waals surface area contributed by atoms with E-state index in [1.807, 2.05) is 30.3 Å². The highest BCUT2D eigenvalue weighted by Crippen LogP contribution is 2.78. The molecule has 1 aliphatic heterocycles. The molecule has 3 rings (SSSR count). The van der Waals surface area contributed by atoms with Crippen molar-refractivity contribution in [2.45, 2.75) is 26.2 Å². The number of rotatable bonds is 6. The zero-order chi connectivity index (χ0) is 17.4. The summed E-state index contributed by atoms with van der Waals surface area (Å²) in [5.41, 5.74) is 4.77. The number of amidine groups is 1. The van der Waals surface area contributed by atoms with Crippen molar-refractivity contribution < 1.29 is 9.47 Å². The van der Waals surface area contributed by atoms with Crippen molar-refractivity contribution in [2.75, 3.05) is 13.2 Å². The van der Waals surface area contributed by atoms with E-state index in [0.29, 0.717) is 19.6 Å². The van der Waals surface area contributed by atoms with Crippen LogP contribution in [-0.2, 0) is 15.9 Å². The van der Waals surface area contributed by atoms with Crippen molar-refractivity contribution in [1.29, 1.82) is 10.5 Å². The Kier molecular flexibility index (Phi) is 3.83. The van der Waals surface area contributed by atoms with Crippen LogP contribution in [-0.4, -0.2) is 25.0 Å². The van der Waals surface area contributed by atoms with Crippen LogP contribution in [0.4, 0.5) is 0 Å². The lowest BCUT2D eigenvalue weighted by molar-refractivity contribution is -0.257. The van der Waals surface area contributed by atoms with E-state index in [2.05, 4.69) is 17.1 Å². The number of ether oxygens (including phenoxy) is 2. The first-order valence-corrected chi connectivity index (χ1v) is 8.08. The van der Waals surface area contributed by atoms with Gasteiger partial charge in [-0.2, -0.15) is 10.5 Å². The quantitative estimate of drug-likeness (QED) is 0.806. The third-order valence-electron chi connectivity index (χ3n) is 5.07. The van der Waals surface area contributed by atoms with Gasteiger partial charge in [-0.1, -0.05) is 30.3 Å². The molecule has 0 saturated heterocycles. The molecule has 2 N–H and O–H groups in total. The first-order chi connectivity index (χ1) is 11.6. The van der Waals surface area contributed by atoms with E-state index in [1.165, 1.54) is 0 Å². The van der Waals surface area contributed by atoms with Gasteiger partial charge in [0.15, 0.2) is 5.41 Å². The summed E-state index contributed by atoms with van der Waals surface area (Å²) in [5, 5.41) is 19.9. The summed E-state index contributed by atoms with van der Waals surface area (Å²) in [5.74, 6) is -1.70. The molecule has 1 aromatic carbocycles. The second kappa shape index (κ2) is 5.59. The standard InChI is InChI=1S/C18H20N4O2/c1-3-23-18(24-4-2)17(12-20)14(10-13-8-6-5-7-9-13)16(17,11-19)15(21)22-18/h5-9,14H,3-4,10H2,1-2H3,(H2,21,22)/t14-,16-,17-/m1/s1. The van der Waals surface area contributed by atoms with E-state index >= 15 is 0 Å². The van der Waals surface area contributed by atoms with E-state index in [0.717, 1.165) is 5.56 Å². The van der Waals surface area contributed by atoms with Gasteiger partial charge in [-0.3, -0.25) is 0 Å². The Bertz CT molecular complexity index is 743. The van der Waals surface area contributed by atoms with Gasteiger partial charge >= 0.3 is 0 Å². The summed E-state index contributed by atoms with van der Waals surface area (Å²) in [6, 6.07) is 14.3. The van der Waals surface area contributed by atoms with Crippen LogP contribution in [0.2, 0.25) is 0 Å². The molecule has 1 heterocycles. The first-order valence-electron chi connectivity index (χ1n) is 8.08. The lowest BCUT2D eigenvalue weighted by Crippen LogP contribution is -2.44. The Hall–Kier alpha value is -2.41. The van der Waals surface area contributed by atoms with Gasteiger partial charge < -0.3 is 15.2 Å². The Balaban J connectivity index is 2.09. The largest absolute Gasteiger partial charge is 0.386 e. The predicted molar refractivity (Wildman–Crippen MR) is 87.3 cm³/mol. The van der Waals surface area contributed by atoms with E-state index in [1.54, 1.807) is 13.8 Å². The van der Waals surface area contributed by atoms with Crippen LogP contribution in [0.25, 0.3) is 0 Å². The molecule has 0 spiro atoms. The number of fused-ring (bicyclic) bond motifs is 1. The minimum atomic E-state index is -1.51. The van der Waals surface area contributed by atoms with Gasteiger partial charge in [0, 0.05) is 19.1 Å². The highest BCUT2D eigenvalue weighted by Gasteiger charge is 2.93. The molecule has 1 fully saturated rings. The summed E-state index contributed by atoms with van der Waals surface area (Å²) in [7, 11) is 0. The third kappa shape index (κ3) is 1.73. The maximum Gasteiger partial charge on any atom is 0.293 e. The number of hydrogen-bond acceptors (Lipinski definition) is 6. The molecule has 6 nitrogen and oxygen atoms in total. The van der Waals surface area contributed by atoms with Gasteiger partial charge in [0.05, 0.1) is 12.1 Å². The number of nitrogens with two attached hydrogens (primary N) is 1. The highest BCUT2D eigenvalue weighted by molar-refractivity contribution is 5.98. The average molecular weight is 324 g/mol. The van der Waals surface area contributed by atoms with Crippen molar-refractivity contribution in [2.24, 2.45) is 27.5 Å². The van der Waals surface area contributed by atoms with E-state index in [-0.39, 0.29) is 11.8 Å². The van der Waals surface area contributed by atoms with Gasteiger partial charge in [0.25, 0.3) is 5.91 Å². The molecule has 0 unspecified atom stereocenters. The third-order valence-corrected chi connectivity index (χ3v) is 5.07. The molecule has 1 aliphatic carbocycles.